The number of aryl methyl sites for hydroxylation is 3. The lowest BCUT2D eigenvalue weighted by atomic mass is 10.1. The predicted molar refractivity (Wildman–Crippen MR) is 112 cm³/mol. The van der Waals surface area contributed by atoms with Gasteiger partial charge in [0.2, 0.25) is 0 Å². The smallest absolute Gasteiger partial charge is 0.125 e. The summed E-state index contributed by atoms with van der Waals surface area (Å²) in [6, 6.07) is 17.0. The van der Waals surface area contributed by atoms with Crippen LogP contribution in [0.5, 0.6) is 0 Å². The van der Waals surface area contributed by atoms with Gasteiger partial charge in [-0.15, -0.1) is 0 Å². The maximum atomic E-state index is 6.02. The van der Waals surface area contributed by atoms with Crippen molar-refractivity contribution in [3.63, 3.8) is 0 Å². The quantitative estimate of drug-likeness (QED) is 0.484. The summed E-state index contributed by atoms with van der Waals surface area (Å²) < 4.78 is 8.21. The number of ether oxygens (including phenoxy) is 1. The minimum absolute atomic E-state index is 0.368. The topological polar surface area (TPSA) is 27.1 Å². The van der Waals surface area contributed by atoms with Crippen molar-refractivity contribution in [2.45, 2.75) is 63.8 Å². The molecule has 3 nitrogen and oxygen atoms in total. The van der Waals surface area contributed by atoms with E-state index in [2.05, 4.69) is 69.5 Å². The van der Waals surface area contributed by atoms with Gasteiger partial charge < -0.3 is 4.74 Å². The highest BCUT2D eigenvalue weighted by Crippen LogP contribution is 2.35. The first-order valence-electron chi connectivity index (χ1n) is 9.39. The normalized spacial score (nSPS) is 11.3. The van der Waals surface area contributed by atoms with Crippen LogP contribution in [0.25, 0.3) is 0 Å². The van der Waals surface area contributed by atoms with Gasteiger partial charge in [0.05, 0.1) is 12.3 Å². The number of hydrogen-bond acceptors (Lipinski definition) is 3. The lowest BCUT2D eigenvalue weighted by Gasteiger charge is -2.13. The standard InChI is InChI=1S/C23H28N2OS/c1-16(2)22-23(27-21-12-17(3)11-18(4)13-21)25(19(5)24-22)15-26-14-20-9-7-6-8-10-20/h6-13,16H,14-15H2,1-5H3. The molecule has 0 atom stereocenters. The Kier molecular flexibility index (Phi) is 6.40. The van der Waals surface area contributed by atoms with Crippen LogP contribution in [0.4, 0.5) is 0 Å². The van der Waals surface area contributed by atoms with Crippen LogP contribution in [0.3, 0.4) is 0 Å². The van der Waals surface area contributed by atoms with Crippen LogP contribution in [0.1, 0.15) is 48.0 Å². The van der Waals surface area contributed by atoms with Crippen LogP contribution < -0.4 is 0 Å². The summed E-state index contributed by atoms with van der Waals surface area (Å²) in [4.78, 5) is 6.09. The molecule has 0 fully saturated rings. The second kappa shape index (κ2) is 8.77. The van der Waals surface area contributed by atoms with Gasteiger partial charge in [-0.05, 0) is 55.5 Å². The highest BCUT2D eigenvalue weighted by Gasteiger charge is 2.19. The Balaban J connectivity index is 1.84. The molecule has 1 heterocycles. The van der Waals surface area contributed by atoms with E-state index in [0.717, 1.165) is 11.5 Å². The van der Waals surface area contributed by atoms with Crippen molar-refractivity contribution >= 4 is 11.8 Å². The van der Waals surface area contributed by atoms with Crippen LogP contribution in [-0.2, 0) is 18.1 Å². The average molecular weight is 381 g/mol. The van der Waals surface area contributed by atoms with Crippen molar-refractivity contribution in [3.05, 3.63) is 76.7 Å². The van der Waals surface area contributed by atoms with Crippen LogP contribution in [0.15, 0.2) is 58.5 Å². The van der Waals surface area contributed by atoms with Crippen molar-refractivity contribution in [2.24, 2.45) is 0 Å². The van der Waals surface area contributed by atoms with E-state index in [0.29, 0.717) is 19.3 Å². The zero-order chi connectivity index (χ0) is 19.4. The molecule has 3 aromatic rings. The van der Waals surface area contributed by atoms with E-state index in [4.69, 9.17) is 9.72 Å². The fourth-order valence-corrected chi connectivity index (χ4v) is 4.53. The number of imidazole rings is 1. The molecule has 4 heteroatoms. The van der Waals surface area contributed by atoms with Gasteiger partial charge in [-0.3, -0.25) is 4.57 Å². The third-order valence-electron chi connectivity index (χ3n) is 4.43. The van der Waals surface area contributed by atoms with E-state index in [1.54, 1.807) is 11.8 Å². The molecular weight excluding hydrogens is 352 g/mol. The van der Waals surface area contributed by atoms with E-state index < -0.39 is 0 Å². The average Bonchev–Trinajstić information content (AvgIpc) is 2.91. The molecule has 0 bridgehead atoms. The molecule has 142 valence electrons. The van der Waals surface area contributed by atoms with Crippen LogP contribution in [0, 0.1) is 20.8 Å². The van der Waals surface area contributed by atoms with Gasteiger partial charge in [0.15, 0.2) is 0 Å². The summed E-state index contributed by atoms with van der Waals surface area (Å²) in [5, 5.41) is 1.18. The molecule has 1 aromatic heterocycles. The highest BCUT2D eigenvalue weighted by atomic mass is 32.2. The molecule has 2 aromatic carbocycles. The first-order chi connectivity index (χ1) is 12.9. The molecule has 0 saturated carbocycles. The van der Waals surface area contributed by atoms with E-state index in [1.807, 2.05) is 18.2 Å². The van der Waals surface area contributed by atoms with E-state index in [1.165, 1.54) is 26.6 Å². The summed E-state index contributed by atoms with van der Waals surface area (Å²) in [7, 11) is 0. The number of nitrogens with zero attached hydrogens (tertiary/aromatic N) is 2. The van der Waals surface area contributed by atoms with E-state index in [9.17, 15) is 0 Å². The Morgan fingerprint density at radius 1 is 1.00 bits per heavy atom. The maximum Gasteiger partial charge on any atom is 0.125 e. The van der Waals surface area contributed by atoms with Gasteiger partial charge >= 0.3 is 0 Å². The first-order valence-corrected chi connectivity index (χ1v) is 10.2. The molecule has 3 rings (SSSR count). The van der Waals surface area contributed by atoms with Gasteiger partial charge in [-0.25, -0.2) is 4.98 Å². The molecule has 0 N–H and O–H groups in total. The fourth-order valence-electron chi connectivity index (χ4n) is 3.14. The summed E-state index contributed by atoms with van der Waals surface area (Å²) in [5.41, 5.74) is 4.89. The number of benzene rings is 2. The molecule has 27 heavy (non-hydrogen) atoms. The van der Waals surface area contributed by atoms with Crippen LogP contribution in [-0.4, -0.2) is 9.55 Å². The summed E-state index contributed by atoms with van der Waals surface area (Å²) >= 11 is 1.79. The monoisotopic (exact) mass is 380 g/mol. The summed E-state index contributed by atoms with van der Waals surface area (Å²) in [5.74, 6) is 1.37. The van der Waals surface area contributed by atoms with Crippen molar-refractivity contribution in [1.82, 2.24) is 9.55 Å². The molecule has 0 unspecified atom stereocenters. The molecule has 0 aliphatic heterocycles. The minimum atomic E-state index is 0.368. The molecule has 0 aliphatic rings. The highest BCUT2D eigenvalue weighted by molar-refractivity contribution is 7.99. The SMILES string of the molecule is Cc1cc(C)cc(Sc2c(C(C)C)nc(C)n2COCc2ccccc2)c1. The molecule has 0 radical (unpaired) electrons. The molecular formula is C23H28N2OS. The Bertz CT molecular complexity index is 880. The second-order valence-electron chi connectivity index (χ2n) is 7.32. The largest absolute Gasteiger partial charge is 0.356 e. The third-order valence-corrected chi connectivity index (χ3v) is 5.52. The zero-order valence-electron chi connectivity index (χ0n) is 16.8. The Morgan fingerprint density at radius 3 is 2.30 bits per heavy atom. The van der Waals surface area contributed by atoms with Gasteiger partial charge in [0.1, 0.15) is 17.6 Å². The lowest BCUT2D eigenvalue weighted by Crippen LogP contribution is -2.06. The lowest BCUT2D eigenvalue weighted by molar-refractivity contribution is 0.0577. The third kappa shape index (κ3) is 5.02. The molecule has 0 spiro atoms. The Morgan fingerprint density at radius 2 is 1.67 bits per heavy atom. The Hall–Kier alpha value is -2.04. The molecule has 0 amide bonds. The first kappa shape index (κ1) is 19.7. The van der Waals surface area contributed by atoms with Crippen molar-refractivity contribution in [1.29, 1.82) is 0 Å². The maximum absolute atomic E-state index is 6.02. The molecule has 0 saturated heterocycles. The van der Waals surface area contributed by atoms with Gasteiger partial charge in [-0.2, -0.15) is 0 Å². The van der Waals surface area contributed by atoms with Crippen LogP contribution >= 0.6 is 11.8 Å². The van der Waals surface area contributed by atoms with Gasteiger partial charge in [0.25, 0.3) is 0 Å². The van der Waals surface area contributed by atoms with Crippen LogP contribution in [0.2, 0.25) is 0 Å². The predicted octanol–water partition coefficient (Wildman–Crippen LogP) is 6.26. The summed E-state index contributed by atoms with van der Waals surface area (Å²) in [6.45, 7) is 11.9. The van der Waals surface area contributed by atoms with Crippen molar-refractivity contribution < 1.29 is 4.74 Å². The van der Waals surface area contributed by atoms with Crippen molar-refractivity contribution in [3.8, 4) is 0 Å². The zero-order valence-corrected chi connectivity index (χ0v) is 17.6. The van der Waals surface area contributed by atoms with E-state index >= 15 is 0 Å². The fraction of sp³-hybridized carbons (Fsp3) is 0.348. The number of rotatable bonds is 7. The minimum Gasteiger partial charge on any atom is -0.356 e. The molecule has 0 aliphatic carbocycles. The number of aromatic nitrogens is 2. The second-order valence-corrected chi connectivity index (χ2v) is 8.38. The summed E-state index contributed by atoms with van der Waals surface area (Å²) in [6.07, 6.45) is 0. The van der Waals surface area contributed by atoms with Gasteiger partial charge in [0, 0.05) is 4.90 Å². The van der Waals surface area contributed by atoms with Gasteiger partial charge in [-0.1, -0.05) is 62.0 Å². The van der Waals surface area contributed by atoms with E-state index in [-0.39, 0.29) is 0 Å². The van der Waals surface area contributed by atoms with Crippen molar-refractivity contribution in [2.75, 3.05) is 0 Å². The Labute approximate surface area is 166 Å². The number of hydrogen-bond donors (Lipinski definition) is 0.